The molecule has 0 N–H and O–H groups in total. The number of methoxy groups -OCH3 is 1. The lowest BCUT2D eigenvalue weighted by Gasteiger charge is -2.36. The van der Waals surface area contributed by atoms with E-state index in [4.69, 9.17) is 4.74 Å². The minimum atomic E-state index is 0.715. The van der Waals surface area contributed by atoms with Crippen molar-refractivity contribution in [3.63, 3.8) is 0 Å². The highest BCUT2D eigenvalue weighted by Crippen LogP contribution is 2.30. The zero-order valence-corrected chi connectivity index (χ0v) is 13.7. The van der Waals surface area contributed by atoms with Crippen LogP contribution in [0.25, 0.3) is 0 Å². The van der Waals surface area contributed by atoms with E-state index in [1.54, 1.807) is 7.11 Å². The lowest BCUT2D eigenvalue weighted by molar-refractivity contribution is 0.133. The number of rotatable bonds is 4. The molecule has 1 aliphatic rings. The van der Waals surface area contributed by atoms with Crippen LogP contribution in [0, 0.1) is 5.92 Å². The van der Waals surface area contributed by atoms with Crippen LogP contribution in [0.5, 0.6) is 5.75 Å². The highest BCUT2D eigenvalue weighted by molar-refractivity contribution is 9.10. The van der Waals surface area contributed by atoms with Crippen LogP contribution in [0.3, 0.4) is 0 Å². The average molecular weight is 326 g/mol. The van der Waals surface area contributed by atoms with E-state index in [2.05, 4.69) is 46.9 Å². The Balaban J connectivity index is 2.07. The molecular weight excluding hydrogens is 302 g/mol. The van der Waals surface area contributed by atoms with E-state index in [0.717, 1.165) is 18.2 Å². The molecule has 2 atom stereocenters. The predicted molar refractivity (Wildman–Crippen MR) is 83.6 cm³/mol. The Morgan fingerprint density at radius 1 is 1.32 bits per heavy atom. The van der Waals surface area contributed by atoms with Gasteiger partial charge >= 0.3 is 0 Å². The molecule has 1 aliphatic carbocycles. The Labute approximate surface area is 125 Å². The molecule has 1 saturated carbocycles. The second-order valence-corrected chi connectivity index (χ2v) is 6.56. The van der Waals surface area contributed by atoms with Crippen molar-refractivity contribution in [2.75, 3.05) is 14.2 Å². The molecule has 19 heavy (non-hydrogen) atoms. The van der Waals surface area contributed by atoms with E-state index in [-0.39, 0.29) is 0 Å². The Bertz CT molecular complexity index is 421. The molecule has 2 unspecified atom stereocenters. The maximum Gasteiger partial charge on any atom is 0.119 e. The van der Waals surface area contributed by atoms with Crippen LogP contribution in [0.4, 0.5) is 0 Å². The lowest BCUT2D eigenvalue weighted by Crippen LogP contribution is -2.38. The molecule has 106 valence electrons. The van der Waals surface area contributed by atoms with Crippen molar-refractivity contribution < 1.29 is 4.74 Å². The predicted octanol–water partition coefficient (Wildman–Crippen LogP) is 4.47. The third-order valence-electron chi connectivity index (χ3n) is 4.30. The Kier molecular flexibility index (Phi) is 5.28. The molecule has 1 fully saturated rings. The summed E-state index contributed by atoms with van der Waals surface area (Å²) in [6.45, 7) is 3.37. The molecule has 1 aromatic carbocycles. The van der Waals surface area contributed by atoms with Gasteiger partial charge in [0.2, 0.25) is 0 Å². The summed E-state index contributed by atoms with van der Waals surface area (Å²) in [6, 6.07) is 6.92. The van der Waals surface area contributed by atoms with Crippen LogP contribution in [-0.4, -0.2) is 25.1 Å². The quantitative estimate of drug-likeness (QED) is 0.809. The molecule has 0 aliphatic heterocycles. The Morgan fingerprint density at radius 2 is 2.05 bits per heavy atom. The van der Waals surface area contributed by atoms with Gasteiger partial charge in [-0.05, 0) is 49.6 Å². The van der Waals surface area contributed by atoms with Gasteiger partial charge in [0.1, 0.15) is 5.75 Å². The summed E-state index contributed by atoms with van der Waals surface area (Å²) in [4.78, 5) is 2.50. The van der Waals surface area contributed by atoms with Crippen molar-refractivity contribution in [2.24, 2.45) is 5.92 Å². The van der Waals surface area contributed by atoms with E-state index in [1.165, 1.54) is 35.7 Å². The highest BCUT2D eigenvalue weighted by Gasteiger charge is 2.25. The van der Waals surface area contributed by atoms with Gasteiger partial charge < -0.3 is 4.74 Å². The van der Waals surface area contributed by atoms with Crippen molar-refractivity contribution in [1.29, 1.82) is 0 Å². The third-order valence-corrected chi connectivity index (χ3v) is 5.08. The first kappa shape index (κ1) is 14.9. The smallest absolute Gasteiger partial charge is 0.119 e. The van der Waals surface area contributed by atoms with Crippen LogP contribution in [0.1, 0.15) is 38.2 Å². The molecule has 3 heteroatoms. The maximum atomic E-state index is 5.32. The summed E-state index contributed by atoms with van der Waals surface area (Å²) in [5.74, 6) is 1.74. The minimum absolute atomic E-state index is 0.715. The largest absolute Gasteiger partial charge is 0.497 e. The van der Waals surface area contributed by atoms with Gasteiger partial charge in [-0.3, -0.25) is 4.90 Å². The molecule has 2 rings (SSSR count). The van der Waals surface area contributed by atoms with Crippen LogP contribution < -0.4 is 4.74 Å². The molecule has 0 spiro atoms. The number of nitrogens with zero attached hydrogens (tertiary/aromatic N) is 1. The van der Waals surface area contributed by atoms with E-state index in [0.29, 0.717) is 6.04 Å². The fourth-order valence-electron chi connectivity index (χ4n) is 3.14. The summed E-state index contributed by atoms with van der Waals surface area (Å²) >= 11 is 3.65. The van der Waals surface area contributed by atoms with Crippen molar-refractivity contribution in [2.45, 2.75) is 45.2 Å². The Hall–Kier alpha value is -0.540. The third kappa shape index (κ3) is 3.73. The summed E-state index contributed by atoms with van der Waals surface area (Å²) in [5, 5.41) is 0. The summed E-state index contributed by atoms with van der Waals surface area (Å²) < 4.78 is 6.49. The standard InChI is InChI=1S/C16H24BrNO/c1-12-6-4-5-7-16(12)18(2)11-13-10-14(19-3)8-9-15(13)17/h8-10,12,16H,4-7,11H2,1-3H3. The van der Waals surface area contributed by atoms with Gasteiger partial charge in [-0.2, -0.15) is 0 Å². The average Bonchev–Trinajstić information content (AvgIpc) is 2.41. The second-order valence-electron chi connectivity index (χ2n) is 5.70. The van der Waals surface area contributed by atoms with Gasteiger partial charge in [-0.1, -0.05) is 35.7 Å². The van der Waals surface area contributed by atoms with Gasteiger partial charge in [-0.25, -0.2) is 0 Å². The number of hydrogen-bond acceptors (Lipinski definition) is 2. The van der Waals surface area contributed by atoms with Crippen molar-refractivity contribution in [3.05, 3.63) is 28.2 Å². The summed E-state index contributed by atoms with van der Waals surface area (Å²) in [5.41, 5.74) is 1.31. The second kappa shape index (κ2) is 6.76. The minimum Gasteiger partial charge on any atom is -0.497 e. The van der Waals surface area contributed by atoms with Crippen molar-refractivity contribution in [1.82, 2.24) is 4.90 Å². The molecule has 0 amide bonds. The molecule has 0 bridgehead atoms. The van der Waals surface area contributed by atoms with Crippen LogP contribution in [0.2, 0.25) is 0 Å². The zero-order chi connectivity index (χ0) is 13.8. The fourth-order valence-corrected chi connectivity index (χ4v) is 3.51. The summed E-state index contributed by atoms with van der Waals surface area (Å²) in [6.07, 6.45) is 5.47. The van der Waals surface area contributed by atoms with Crippen molar-refractivity contribution in [3.8, 4) is 5.75 Å². The first-order valence-electron chi connectivity index (χ1n) is 7.14. The number of hydrogen-bond donors (Lipinski definition) is 0. The van der Waals surface area contributed by atoms with Gasteiger partial charge in [-0.15, -0.1) is 0 Å². The van der Waals surface area contributed by atoms with E-state index >= 15 is 0 Å². The Morgan fingerprint density at radius 3 is 2.74 bits per heavy atom. The first-order valence-corrected chi connectivity index (χ1v) is 7.93. The van der Waals surface area contributed by atoms with Crippen LogP contribution in [-0.2, 0) is 6.54 Å². The molecule has 0 saturated heterocycles. The van der Waals surface area contributed by atoms with E-state index in [1.807, 2.05) is 6.07 Å². The molecule has 0 heterocycles. The molecule has 0 aromatic heterocycles. The SMILES string of the molecule is COc1ccc(Br)c(CN(C)C2CCCCC2C)c1. The van der Waals surface area contributed by atoms with Gasteiger partial charge in [0, 0.05) is 17.1 Å². The molecule has 2 nitrogen and oxygen atoms in total. The van der Waals surface area contributed by atoms with Gasteiger partial charge in [0.05, 0.1) is 7.11 Å². The van der Waals surface area contributed by atoms with Gasteiger partial charge in [0.15, 0.2) is 0 Å². The lowest BCUT2D eigenvalue weighted by atomic mass is 9.85. The zero-order valence-electron chi connectivity index (χ0n) is 12.2. The topological polar surface area (TPSA) is 12.5 Å². The van der Waals surface area contributed by atoms with E-state index < -0.39 is 0 Å². The normalized spacial score (nSPS) is 23.6. The monoisotopic (exact) mass is 325 g/mol. The van der Waals surface area contributed by atoms with Crippen molar-refractivity contribution >= 4 is 15.9 Å². The number of ether oxygens (including phenoxy) is 1. The van der Waals surface area contributed by atoms with Crippen LogP contribution in [0.15, 0.2) is 22.7 Å². The van der Waals surface area contributed by atoms with Gasteiger partial charge in [0.25, 0.3) is 0 Å². The molecule has 0 radical (unpaired) electrons. The van der Waals surface area contributed by atoms with E-state index in [9.17, 15) is 0 Å². The number of benzene rings is 1. The van der Waals surface area contributed by atoms with Crippen LogP contribution >= 0.6 is 15.9 Å². The highest BCUT2D eigenvalue weighted by atomic mass is 79.9. The fraction of sp³-hybridized carbons (Fsp3) is 0.625. The number of halogens is 1. The summed E-state index contributed by atoms with van der Waals surface area (Å²) in [7, 11) is 3.97. The maximum absolute atomic E-state index is 5.32. The first-order chi connectivity index (χ1) is 9.11. The molecule has 1 aromatic rings. The molecular formula is C16H24BrNO.